The number of aromatic nitrogens is 3. The summed E-state index contributed by atoms with van der Waals surface area (Å²) in [5.74, 6) is -0.0624. The Labute approximate surface area is 134 Å². The van der Waals surface area contributed by atoms with Crippen LogP contribution in [0.15, 0.2) is 36.9 Å². The SMILES string of the molecule is NC[C@H]1CC[C@@H](C(=O)NCc2ccc(Cn3cncn3)cc2)O1. The van der Waals surface area contributed by atoms with Crippen molar-refractivity contribution in [1.29, 1.82) is 0 Å². The first kappa shape index (κ1) is 15.6. The van der Waals surface area contributed by atoms with Gasteiger partial charge in [0.2, 0.25) is 5.91 Å². The van der Waals surface area contributed by atoms with Crippen LogP contribution < -0.4 is 11.1 Å². The van der Waals surface area contributed by atoms with Crippen molar-refractivity contribution >= 4 is 5.91 Å². The van der Waals surface area contributed by atoms with E-state index in [4.69, 9.17) is 10.5 Å². The van der Waals surface area contributed by atoms with Gasteiger partial charge in [0, 0.05) is 13.1 Å². The summed E-state index contributed by atoms with van der Waals surface area (Å²) in [5.41, 5.74) is 7.74. The van der Waals surface area contributed by atoms with Gasteiger partial charge in [0.1, 0.15) is 18.8 Å². The van der Waals surface area contributed by atoms with E-state index in [0.717, 1.165) is 24.0 Å². The smallest absolute Gasteiger partial charge is 0.249 e. The first-order chi connectivity index (χ1) is 11.2. The lowest BCUT2D eigenvalue weighted by molar-refractivity contribution is -0.132. The zero-order valence-electron chi connectivity index (χ0n) is 12.9. The van der Waals surface area contributed by atoms with Crippen molar-refractivity contribution in [2.24, 2.45) is 5.73 Å². The van der Waals surface area contributed by atoms with E-state index in [1.54, 1.807) is 11.0 Å². The summed E-state index contributed by atoms with van der Waals surface area (Å²) in [6.45, 7) is 1.65. The fourth-order valence-corrected chi connectivity index (χ4v) is 2.64. The van der Waals surface area contributed by atoms with Crippen LogP contribution >= 0.6 is 0 Å². The van der Waals surface area contributed by atoms with Crippen molar-refractivity contribution in [3.63, 3.8) is 0 Å². The lowest BCUT2D eigenvalue weighted by Gasteiger charge is -2.13. The molecule has 2 atom stereocenters. The second kappa shape index (κ2) is 7.34. The summed E-state index contributed by atoms with van der Waals surface area (Å²) in [6, 6.07) is 8.06. The first-order valence-corrected chi connectivity index (χ1v) is 7.78. The van der Waals surface area contributed by atoms with Gasteiger partial charge in [-0.25, -0.2) is 9.67 Å². The van der Waals surface area contributed by atoms with Gasteiger partial charge in [-0.15, -0.1) is 0 Å². The third kappa shape index (κ3) is 4.14. The summed E-state index contributed by atoms with van der Waals surface area (Å²) < 4.78 is 7.35. The zero-order chi connectivity index (χ0) is 16.1. The fourth-order valence-electron chi connectivity index (χ4n) is 2.64. The molecule has 7 heteroatoms. The molecule has 0 saturated carbocycles. The Bertz CT molecular complexity index is 626. The topological polar surface area (TPSA) is 95.1 Å². The van der Waals surface area contributed by atoms with Gasteiger partial charge in [-0.2, -0.15) is 5.10 Å². The lowest BCUT2D eigenvalue weighted by Crippen LogP contribution is -2.35. The van der Waals surface area contributed by atoms with Gasteiger partial charge in [-0.1, -0.05) is 24.3 Å². The van der Waals surface area contributed by atoms with E-state index in [-0.39, 0.29) is 18.1 Å². The van der Waals surface area contributed by atoms with Gasteiger partial charge in [0.25, 0.3) is 0 Å². The molecule has 1 aromatic carbocycles. The number of amides is 1. The summed E-state index contributed by atoms with van der Waals surface area (Å²) >= 11 is 0. The third-order valence-corrected chi connectivity index (χ3v) is 3.96. The number of hydrogen-bond acceptors (Lipinski definition) is 5. The number of rotatable bonds is 6. The van der Waals surface area contributed by atoms with E-state index >= 15 is 0 Å². The number of nitrogens with two attached hydrogens (primary N) is 1. The number of carbonyl (C=O) groups is 1. The summed E-state index contributed by atoms with van der Waals surface area (Å²) in [5, 5.41) is 6.99. The minimum absolute atomic E-state index is 0.0156. The van der Waals surface area contributed by atoms with Gasteiger partial charge in [0.15, 0.2) is 0 Å². The molecular weight excluding hydrogens is 294 g/mol. The van der Waals surface area contributed by atoms with E-state index < -0.39 is 0 Å². The molecule has 0 radical (unpaired) electrons. The molecule has 1 aliphatic heterocycles. The Morgan fingerprint density at radius 1 is 1.30 bits per heavy atom. The van der Waals surface area contributed by atoms with Crippen molar-refractivity contribution in [2.75, 3.05) is 6.54 Å². The summed E-state index contributed by atoms with van der Waals surface area (Å²) in [4.78, 5) is 16.0. The van der Waals surface area contributed by atoms with Gasteiger partial charge in [0.05, 0.1) is 12.6 Å². The maximum Gasteiger partial charge on any atom is 0.249 e. The van der Waals surface area contributed by atoms with Crippen LogP contribution in [0.5, 0.6) is 0 Å². The molecule has 0 aliphatic carbocycles. The molecule has 0 bridgehead atoms. The third-order valence-electron chi connectivity index (χ3n) is 3.96. The zero-order valence-corrected chi connectivity index (χ0v) is 12.9. The molecule has 2 heterocycles. The van der Waals surface area contributed by atoms with E-state index in [9.17, 15) is 4.79 Å². The van der Waals surface area contributed by atoms with Crippen LogP contribution in [0.2, 0.25) is 0 Å². The van der Waals surface area contributed by atoms with Crippen molar-refractivity contribution < 1.29 is 9.53 Å². The average molecular weight is 315 g/mol. The van der Waals surface area contributed by atoms with Crippen molar-refractivity contribution in [3.8, 4) is 0 Å². The highest BCUT2D eigenvalue weighted by Crippen LogP contribution is 2.19. The molecule has 0 unspecified atom stereocenters. The second-order valence-electron chi connectivity index (χ2n) is 5.69. The van der Waals surface area contributed by atoms with Crippen LogP contribution in [0.3, 0.4) is 0 Å². The van der Waals surface area contributed by atoms with Gasteiger partial charge in [-0.05, 0) is 24.0 Å². The summed E-state index contributed by atoms with van der Waals surface area (Å²) in [6.07, 6.45) is 4.45. The van der Waals surface area contributed by atoms with Gasteiger partial charge < -0.3 is 15.8 Å². The maximum absolute atomic E-state index is 12.1. The maximum atomic E-state index is 12.1. The second-order valence-corrected chi connectivity index (χ2v) is 5.69. The minimum atomic E-state index is -0.366. The Morgan fingerprint density at radius 3 is 2.74 bits per heavy atom. The Hall–Kier alpha value is -2.25. The number of carbonyl (C=O) groups excluding carboxylic acids is 1. The highest BCUT2D eigenvalue weighted by atomic mass is 16.5. The predicted molar refractivity (Wildman–Crippen MR) is 84.4 cm³/mol. The molecule has 3 N–H and O–H groups in total. The lowest BCUT2D eigenvalue weighted by atomic mass is 10.1. The van der Waals surface area contributed by atoms with E-state index in [0.29, 0.717) is 19.6 Å². The molecule has 1 amide bonds. The monoisotopic (exact) mass is 315 g/mol. The Balaban J connectivity index is 1.48. The molecule has 1 saturated heterocycles. The summed E-state index contributed by atoms with van der Waals surface area (Å²) in [7, 11) is 0. The van der Waals surface area contributed by atoms with Crippen molar-refractivity contribution in [2.45, 2.75) is 38.1 Å². The standard InChI is InChI=1S/C16H21N5O2/c17-7-14-5-6-15(23-14)16(22)19-8-12-1-3-13(4-2-12)9-21-11-18-10-20-21/h1-4,10-11,14-15H,5-9,17H2,(H,19,22)/t14-,15+/m1/s1. The van der Waals surface area contributed by atoms with Crippen LogP contribution in [0.1, 0.15) is 24.0 Å². The average Bonchev–Trinajstić information content (AvgIpc) is 3.25. The number of nitrogens with zero attached hydrogens (tertiary/aromatic N) is 3. The first-order valence-electron chi connectivity index (χ1n) is 7.78. The quantitative estimate of drug-likeness (QED) is 0.807. The van der Waals surface area contributed by atoms with Crippen LogP contribution in [-0.2, 0) is 22.6 Å². The number of ether oxygens (including phenoxy) is 1. The molecule has 1 aromatic heterocycles. The number of hydrogen-bond donors (Lipinski definition) is 2. The molecule has 23 heavy (non-hydrogen) atoms. The van der Waals surface area contributed by atoms with E-state index in [1.165, 1.54) is 6.33 Å². The van der Waals surface area contributed by atoms with E-state index in [2.05, 4.69) is 15.4 Å². The predicted octanol–water partition coefficient (Wildman–Crippen LogP) is 0.449. The molecule has 2 aromatic rings. The molecule has 1 aliphatic rings. The van der Waals surface area contributed by atoms with Crippen LogP contribution in [0, 0.1) is 0 Å². The van der Waals surface area contributed by atoms with Crippen LogP contribution in [-0.4, -0.2) is 39.4 Å². The van der Waals surface area contributed by atoms with Crippen LogP contribution in [0.4, 0.5) is 0 Å². The van der Waals surface area contributed by atoms with Crippen molar-refractivity contribution in [1.82, 2.24) is 20.1 Å². The van der Waals surface area contributed by atoms with Gasteiger partial charge >= 0.3 is 0 Å². The number of nitrogens with one attached hydrogen (secondary N) is 1. The Morgan fingerprint density at radius 2 is 2.09 bits per heavy atom. The molecule has 0 spiro atoms. The molecule has 7 nitrogen and oxygen atoms in total. The molecular formula is C16H21N5O2. The van der Waals surface area contributed by atoms with Crippen LogP contribution in [0.25, 0.3) is 0 Å². The minimum Gasteiger partial charge on any atom is -0.364 e. The molecule has 1 fully saturated rings. The molecule has 122 valence electrons. The Kier molecular flexibility index (Phi) is 4.99. The highest BCUT2D eigenvalue weighted by Gasteiger charge is 2.29. The normalized spacial score (nSPS) is 20.6. The highest BCUT2D eigenvalue weighted by molar-refractivity contribution is 5.81. The fraction of sp³-hybridized carbons (Fsp3) is 0.438. The molecule has 3 rings (SSSR count). The number of benzene rings is 1. The van der Waals surface area contributed by atoms with Crippen molar-refractivity contribution in [3.05, 3.63) is 48.0 Å². The largest absolute Gasteiger partial charge is 0.364 e. The van der Waals surface area contributed by atoms with E-state index in [1.807, 2.05) is 24.3 Å². The van der Waals surface area contributed by atoms with Gasteiger partial charge in [-0.3, -0.25) is 4.79 Å².